The lowest BCUT2D eigenvalue weighted by Gasteiger charge is -2.22. The summed E-state index contributed by atoms with van der Waals surface area (Å²) < 4.78 is 0. The van der Waals surface area contributed by atoms with Gasteiger partial charge in [0.25, 0.3) is 0 Å². The standard InChI is InChI=1S/C36H54OS/c1-4-7-8-9-10-11-12-13-14-15-16-17-22-32(21-6-3)34(36(38)33-23-18-19-24-35(33)37)29-31-27-25-30(20-5-2)26-28-31/h18-19,23-29,32,37H,4-17,20-22H2,1-3H3. The summed E-state index contributed by atoms with van der Waals surface area (Å²) in [7, 11) is 0. The highest BCUT2D eigenvalue weighted by Crippen LogP contribution is 2.32. The molecule has 1 N–H and O–H groups in total. The highest BCUT2D eigenvalue weighted by atomic mass is 32.1. The fraction of sp³-hybridized carbons (Fsp3) is 0.583. The fourth-order valence-corrected chi connectivity index (χ4v) is 5.87. The van der Waals surface area contributed by atoms with Gasteiger partial charge in [0.2, 0.25) is 0 Å². The Morgan fingerprint density at radius 3 is 1.82 bits per heavy atom. The van der Waals surface area contributed by atoms with Gasteiger partial charge in [0, 0.05) is 5.56 Å². The van der Waals surface area contributed by atoms with Crippen molar-refractivity contribution in [2.24, 2.45) is 5.92 Å². The van der Waals surface area contributed by atoms with Crippen LogP contribution in [0.4, 0.5) is 0 Å². The second-order valence-corrected chi connectivity index (χ2v) is 11.5. The van der Waals surface area contributed by atoms with Crippen LogP contribution in [0.25, 0.3) is 6.08 Å². The molecular weight excluding hydrogens is 480 g/mol. The van der Waals surface area contributed by atoms with Gasteiger partial charge in [0.15, 0.2) is 0 Å². The first-order valence-electron chi connectivity index (χ1n) is 15.7. The molecule has 0 aliphatic rings. The zero-order chi connectivity index (χ0) is 27.4. The lowest BCUT2D eigenvalue weighted by atomic mass is 9.84. The van der Waals surface area contributed by atoms with E-state index >= 15 is 0 Å². The summed E-state index contributed by atoms with van der Waals surface area (Å²) in [6.45, 7) is 6.78. The summed E-state index contributed by atoms with van der Waals surface area (Å²) in [5.41, 5.74) is 4.59. The molecule has 1 unspecified atom stereocenters. The maximum Gasteiger partial charge on any atom is 0.124 e. The third kappa shape index (κ3) is 12.3. The molecule has 0 aliphatic carbocycles. The molecule has 1 atom stereocenters. The minimum Gasteiger partial charge on any atom is -0.507 e. The highest BCUT2D eigenvalue weighted by Gasteiger charge is 2.20. The molecule has 0 spiro atoms. The Balaban J connectivity index is 1.99. The number of rotatable bonds is 21. The van der Waals surface area contributed by atoms with E-state index in [1.807, 2.05) is 18.2 Å². The minimum absolute atomic E-state index is 0.280. The average molecular weight is 535 g/mol. The summed E-state index contributed by atoms with van der Waals surface area (Å²) >= 11 is 6.05. The fourth-order valence-electron chi connectivity index (χ4n) is 5.47. The van der Waals surface area contributed by atoms with Crippen molar-refractivity contribution < 1.29 is 5.11 Å². The summed E-state index contributed by atoms with van der Waals surface area (Å²) in [6.07, 6.45) is 24.5. The number of phenolic OH excluding ortho intramolecular Hbond substituents is 1. The van der Waals surface area contributed by atoms with Crippen molar-refractivity contribution in [2.45, 2.75) is 130 Å². The predicted octanol–water partition coefficient (Wildman–Crippen LogP) is 11.7. The highest BCUT2D eigenvalue weighted by molar-refractivity contribution is 7.81. The molecule has 0 aliphatic heterocycles. The zero-order valence-electron chi connectivity index (χ0n) is 24.6. The molecule has 2 aromatic carbocycles. The number of aromatic hydroxyl groups is 1. The molecule has 0 radical (unpaired) electrons. The number of hydrogen-bond donors (Lipinski definition) is 1. The lowest BCUT2D eigenvalue weighted by molar-refractivity contribution is 0.472. The van der Waals surface area contributed by atoms with Crippen molar-refractivity contribution in [1.29, 1.82) is 0 Å². The number of thiocarbonyl (C=S) groups is 1. The van der Waals surface area contributed by atoms with Crippen LogP contribution in [0.5, 0.6) is 5.75 Å². The van der Waals surface area contributed by atoms with Crippen LogP contribution < -0.4 is 0 Å². The molecule has 0 bridgehead atoms. The van der Waals surface area contributed by atoms with Gasteiger partial charge >= 0.3 is 0 Å². The topological polar surface area (TPSA) is 20.2 Å². The van der Waals surface area contributed by atoms with E-state index in [4.69, 9.17) is 12.2 Å². The van der Waals surface area contributed by atoms with E-state index < -0.39 is 0 Å². The second-order valence-electron chi connectivity index (χ2n) is 11.1. The van der Waals surface area contributed by atoms with Gasteiger partial charge in [-0.05, 0) is 54.0 Å². The Bertz CT molecular complexity index is 927. The van der Waals surface area contributed by atoms with Gasteiger partial charge in [-0.2, -0.15) is 0 Å². The maximum absolute atomic E-state index is 10.6. The number of aryl methyl sites for hydroxylation is 1. The average Bonchev–Trinajstić information content (AvgIpc) is 2.93. The molecule has 2 rings (SSSR count). The van der Waals surface area contributed by atoms with E-state index in [-0.39, 0.29) is 5.75 Å². The zero-order valence-corrected chi connectivity index (χ0v) is 25.5. The normalized spacial score (nSPS) is 12.6. The SMILES string of the molecule is CCCCCCCCCCCCCCC(CCC)C(=Cc1ccc(CCC)cc1)C(=S)c1ccccc1O. The summed E-state index contributed by atoms with van der Waals surface area (Å²) in [5.74, 6) is 0.702. The summed E-state index contributed by atoms with van der Waals surface area (Å²) in [4.78, 5) is 0.804. The van der Waals surface area contributed by atoms with Gasteiger partial charge in [-0.3, -0.25) is 0 Å². The largest absolute Gasteiger partial charge is 0.507 e. The van der Waals surface area contributed by atoms with E-state index in [2.05, 4.69) is 51.1 Å². The Morgan fingerprint density at radius 1 is 0.684 bits per heavy atom. The molecule has 0 amide bonds. The molecule has 2 aromatic rings. The van der Waals surface area contributed by atoms with Crippen molar-refractivity contribution in [1.82, 2.24) is 0 Å². The van der Waals surface area contributed by atoms with E-state index in [1.165, 1.54) is 100 Å². The minimum atomic E-state index is 0.280. The van der Waals surface area contributed by atoms with Gasteiger partial charge in [0.1, 0.15) is 5.75 Å². The van der Waals surface area contributed by atoms with Gasteiger partial charge in [-0.1, -0.05) is 165 Å². The van der Waals surface area contributed by atoms with Crippen LogP contribution in [0.15, 0.2) is 54.1 Å². The molecular formula is C36H54OS. The van der Waals surface area contributed by atoms with E-state index in [9.17, 15) is 5.11 Å². The predicted molar refractivity (Wildman–Crippen MR) is 172 cm³/mol. The first-order chi connectivity index (χ1) is 18.6. The smallest absolute Gasteiger partial charge is 0.124 e. The third-order valence-corrected chi connectivity index (χ3v) is 8.19. The number of hydrogen-bond acceptors (Lipinski definition) is 2. The molecule has 0 saturated carbocycles. The summed E-state index contributed by atoms with van der Waals surface area (Å²) in [5, 5.41) is 10.6. The first-order valence-corrected chi connectivity index (χ1v) is 16.1. The van der Waals surface area contributed by atoms with Gasteiger partial charge in [-0.25, -0.2) is 0 Å². The van der Waals surface area contributed by atoms with E-state index in [0.717, 1.165) is 36.1 Å². The number of para-hydroxylation sites is 1. The third-order valence-electron chi connectivity index (χ3n) is 7.73. The number of benzene rings is 2. The van der Waals surface area contributed by atoms with Crippen molar-refractivity contribution in [3.63, 3.8) is 0 Å². The second kappa shape index (κ2) is 20.0. The Labute approximate surface area is 240 Å². The molecule has 210 valence electrons. The lowest BCUT2D eigenvalue weighted by Crippen LogP contribution is -2.13. The maximum atomic E-state index is 10.6. The summed E-state index contributed by atoms with van der Waals surface area (Å²) in [6, 6.07) is 16.5. The molecule has 38 heavy (non-hydrogen) atoms. The molecule has 0 fully saturated rings. The van der Waals surface area contributed by atoms with Crippen LogP contribution in [0, 0.1) is 5.92 Å². The van der Waals surface area contributed by atoms with Gasteiger partial charge < -0.3 is 5.11 Å². The van der Waals surface area contributed by atoms with Gasteiger partial charge in [0.05, 0.1) is 4.86 Å². The van der Waals surface area contributed by atoms with E-state index in [0.29, 0.717) is 5.92 Å². The monoisotopic (exact) mass is 534 g/mol. The van der Waals surface area contributed by atoms with Crippen LogP contribution in [0.2, 0.25) is 0 Å². The van der Waals surface area contributed by atoms with Crippen molar-refractivity contribution in [3.05, 3.63) is 70.8 Å². The Kier molecular flexibility index (Phi) is 17.0. The van der Waals surface area contributed by atoms with Crippen molar-refractivity contribution >= 4 is 23.2 Å². The van der Waals surface area contributed by atoms with Gasteiger partial charge in [-0.15, -0.1) is 0 Å². The number of allylic oxidation sites excluding steroid dienone is 1. The number of phenols is 1. The molecule has 1 nitrogen and oxygen atoms in total. The van der Waals surface area contributed by atoms with Crippen LogP contribution >= 0.6 is 12.2 Å². The quantitative estimate of drug-likeness (QED) is 0.0743. The molecule has 0 saturated heterocycles. The Morgan fingerprint density at radius 2 is 1.26 bits per heavy atom. The van der Waals surface area contributed by atoms with Crippen LogP contribution in [-0.4, -0.2) is 9.97 Å². The van der Waals surface area contributed by atoms with Crippen LogP contribution in [-0.2, 0) is 6.42 Å². The first kappa shape index (κ1) is 32.3. The molecule has 0 heterocycles. The number of unbranched alkanes of at least 4 members (excludes halogenated alkanes) is 11. The molecule has 2 heteroatoms. The Hall–Kier alpha value is -1.93. The van der Waals surface area contributed by atoms with Crippen LogP contribution in [0.3, 0.4) is 0 Å². The molecule has 0 aromatic heterocycles. The van der Waals surface area contributed by atoms with Crippen LogP contribution in [0.1, 0.15) is 140 Å². The van der Waals surface area contributed by atoms with Crippen molar-refractivity contribution in [2.75, 3.05) is 0 Å². The van der Waals surface area contributed by atoms with E-state index in [1.54, 1.807) is 6.07 Å². The van der Waals surface area contributed by atoms with Crippen molar-refractivity contribution in [3.8, 4) is 5.75 Å².